The minimum Gasteiger partial charge on any atom is -0.481 e. The number of hydrogen-bond donors (Lipinski definition) is 2. The average Bonchev–Trinajstić information content (AvgIpc) is 2.89. The van der Waals surface area contributed by atoms with Crippen LogP contribution >= 0.6 is 11.8 Å². The fourth-order valence-corrected chi connectivity index (χ4v) is 2.98. The van der Waals surface area contributed by atoms with E-state index in [0.29, 0.717) is 19.3 Å². The molecular formula is C14H17NO3S. The largest absolute Gasteiger partial charge is 0.481 e. The van der Waals surface area contributed by atoms with Crippen LogP contribution in [0.2, 0.25) is 0 Å². The van der Waals surface area contributed by atoms with Gasteiger partial charge in [0, 0.05) is 10.8 Å². The highest BCUT2D eigenvalue weighted by Crippen LogP contribution is 2.33. The molecule has 4 nitrogen and oxygen atoms in total. The molecule has 1 aromatic rings. The van der Waals surface area contributed by atoms with E-state index in [1.165, 1.54) is 0 Å². The lowest BCUT2D eigenvalue weighted by molar-refractivity contribution is -0.141. The number of carboxylic acids is 1. The maximum absolute atomic E-state index is 12.1. The van der Waals surface area contributed by atoms with E-state index < -0.39 is 5.97 Å². The molecule has 1 aliphatic carbocycles. The SMILES string of the molecule is CSc1ccccc1NC(=O)[C@@H]1CC[C@H](C(=O)O)C1. The van der Waals surface area contributed by atoms with Crippen LogP contribution in [0.1, 0.15) is 19.3 Å². The molecule has 102 valence electrons. The summed E-state index contributed by atoms with van der Waals surface area (Å²) in [6, 6.07) is 7.63. The Morgan fingerprint density at radius 2 is 1.95 bits per heavy atom. The van der Waals surface area contributed by atoms with Gasteiger partial charge in [0.2, 0.25) is 5.91 Å². The Labute approximate surface area is 116 Å². The number of hydrogen-bond acceptors (Lipinski definition) is 3. The van der Waals surface area contributed by atoms with E-state index in [9.17, 15) is 9.59 Å². The lowest BCUT2D eigenvalue weighted by Crippen LogP contribution is -2.22. The molecule has 0 heterocycles. The second-order valence-electron chi connectivity index (χ2n) is 4.73. The van der Waals surface area contributed by atoms with Crippen LogP contribution < -0.4 is 5.32 Å². The van der Waals surface area contributed by atoms with Crippen molar-refractivity contribution < 1.29 is 14.7 Å². The maximum Gasteiger partial charge on any atom is 0.306 e. The molecule has 2 N–H and O–H groups in total. The van der Waals surface area contributed by atoms with Crippen molar-refractivity contribution in [2.24, 2.45) is 11.8 Å². The Balaban J connectivity index is 2.00. The second-order valence-corrected chi connectivity index (χ2v) is 5.58. The summed E-state index contributed by atoms with van der Waals surface area (Å²) in [6.07, 6.45) is 3.66. The molecule has 1 fully saturated rings. The van der Waals surface area contributed by atoms with Crippen molar-refractivity contribution in [2.75, 3.05) is 11.6 Å². The van der Waals surface area contributed by atoms with Crippen LogP contribution in [0.25, 0.3) is 0 Å². The summed E-state index contributed by atoms with van der Waals surface area (Å²) in [5.74, 6) is -1.41. The number of aliphatic carboxylic acids is 1. The molecular weight excluding hydrogens is 262 g/mol. The number of thioether (sulfide) groups is 1. The van der Waals surface area contributed by atoms with Gasteiger partial charge in [-0.3, -0.25) is 9.59 Å². The normalized spacial score (nSPS) is 22.2. The first-order valence-electron chi connectivity index (χ1n) is 6.28. The van der Waals surface area contributed by atoms with Crippen molar-refractivity contribution in [3.05, 3.63) is 24.3 Å². The molecule has 0 saturated heterocycles. The van der Waals surface area contributed by atoms with Crippen LogP contribution in [0.3, 0.4) is 0 Å². The Hall–Kier alpha value is -1.49. The summed E-state index contributed by atoms with van der Waals surface area (Å²) in [5, 5.41) is 11.9. The molecule has 1 aliphatic rings. The predicted octanol–water partition coefficient (Wildman–Crippen LogP) is 2.85. The molecule has 0 radical (unpaired) electrons. The molecule has 0 bridgehead atoms. The second kappa shape index (κ2) is 6.10. The number of nitrogens with one attached hydrogen (secondary N) is 1. The lowest BCUT2D eigenvalue weighted by Gasteiger charge is -2.13. The van der Waals surface area contributed by atoms with Crippen LogP contribution in [0, 0.1) is 11.8 Å². The van der Waals surface area contributed by atoms with Crippen molar-refractivity contribution in [2.45, 2.75) is 24.2 Å². The van der Waals surface area contributed by atoms with E-state index in [2.05, 4.69) is 5.32 Å². The number of amides is 1. The maximum atomic E-state index is 12.1. The first-order valence-corrected chi connectivity index (χ1v) is 7.51. The number of anilines is 1. The highest BCUT2D eigenvalue weighted by atomic mass is 32.2. The van der Waals surface area contributed by atoms with Crippen molar-refractivity contribution in [3.8, 4) is 0 Å². The van der Waals surface area contributed by atoms with Gasteiger partial charge in [-0.15, -0.1) is 11.8 Å². The van der Waals surface area contributed by atoms with Gasteiger partial charge < -0.3 is 10.4 Å². The Morgan fingerprint density at radius 1 is 1.26 bits per heavy atom. The molecule has 1 aromatic carbocycles. The number of carbonyl (C=O) groups excluding carboxylic acids is 1. The number of carboxylic acid groups (broad SMARTS) is 1. The molecule has 2 rings (SSSR count). The average molecular weight is 279 g/mol. The van der Waals surface area contributed by atoms with Crippen LogP contribution in [0.4, 0.5) is 5.69 Å². The molecule has 1 amide bonds. The molecule has 0 unspecified atom stereocenters. The Morgan fingerprint density at radius 3 is 2.58 bits per heavy atom. The van der Waals surface area contributed by atoms with Gasteiger partial charge in [-0.05, 0) is 37.7 Å². The highest BCUT2D eigenvalue weighted by molar-refractivity contribution is 7.98. The lowest BCUT2D eigenvalue weighted by atomic mass is 10.0. The monoisotopic (exact) mass is 279 g/mol. The van der Waals surface area contributed by atoms with E-state index in [4.69, 9.17) is 5.11 Å². The van der Waals surface area contributed by atoms with Gasteiger partial charge in [0.15, 0.2) is 0 Å². The van der Waals surface area contributed by atoms with E-state index in [1.54, 1.807) is 11.8 Å². The van der Waals surface area contributed by atoms with Crippen LogP contribution in [0.5, 0.6) is 0 Å². The highest BCUT2D eigenvalue weighted by Gasteiger charge is 2.33. The number of carbonyl (C=O) groups is 2. The van der Waals surface area contributed by atoms with Gasteiger partial charge in [-0.1, -0.05) is 12.1 Å². The van der Waals surface area contributed by atoms with E-state index in [0.717, 1.165) is 10.6 Å². The Bertz CT molecular complexity index is 489. The van der Waals surface area contributed by atoms with Gasteiger partial charge >= 0.3 is 5.97 Å². The van der Waals surface area contributed by atoms with Gasteiger partial charge in [0.05, 0.1) is 11.6 Å². The third-order valence-electron chi connectivity index (χ3n) is 3.52. The molecule has 5 heteroatoms. The topological polar surface area (TPSA) is 66.4 Å². The van der Waals surface area contributed by atoms with Gasteiger partial charge in [-0.2, -0.15) is 0 Å². The summed E-state index contributed by atoms with van der Waals surface area (Å²) in [4.78, 5) is 24.0. The van der Waals surface area contributed by atoms with E-state index in [1.807, 2.05) is 30.5 Å². The molecule has 0 spiro atoms. The van der Waals surface area contributed by atoms with E-state index >= 15 is 0 Å². The first kappa shape index (κ1) is 13.9. The zero-order chi connectivity index (χ0) is 13.8. The molecule has 19 heavy (non-hydrogen) atoms. The number of benzene rings is 1. The third-order valence-corrected chi connectivity index (χ3v) is 4.31. The number of para-hydroxylation sites is 1. The standard InChI is InChI=1S/C14H17NO3S/c1-19-12-5-3-2-4-11(12)15-13(16)9-6-7-10(8-9)14(17)18/h2-5,9-10H,6-8H2,1H3,(H,15,16)(H,17,18)/t9-,10+/m1/s1. The van der Waals surface area contributed by atoms with Crippen LogP contribution in [0.15, 0.2) is 29.2 Å². The van der Waals surface area contributed by atoms with Crippen molar-refractivity contribution in [1.82, 2.24) is 0 Å². The van der Waals surface area contributed by atoms with Gasteiger partial charge in [-0.25, -0.2) is 0 Å². The van der Waals surface area contributed by atoms with Crippen LogP contribution in [-0.4, -0.2) is 23.2 Å². The zero-order valence-electron chi connectivity index (χ0n) is 10.8. The molecule has 0 aliphatic heterocycles. The van der Waals surface area contributed by atoms with Crippen LogP contribution in [-0.2, 0) is 9.59 Å². The van der Waals surface area contributed by atoms with Crippen molar-refractivity contribution in [1.29, 1.82) is 0 Å². The summed E-state index contributed by atoms with van der Waals surface area (Å²) in [6.45, 7) is 0. The fraction of sp³-hybridized carbons (Fsp3) is 0.429. The zero-order valence-corrected chi connectivity index (χ0v) is 11.6. The fourth-order valence-electron chi connectivity index (χ4n) is 2.43. The van der Waals surface area contributed by atoms with Crippen molar-refractivity contribution in [3.63, 3.8) is 0 Å². The third kappa shape index (κ3) is 3.29. The molecule has 2 atom stereocenters. The smallest absolute Gasteiger partial charge is 0.306 e. The van der Waals surface area contributed by atoms with Gasteiger partial charge in [0.1, 0.15) is 0 Å². The summed E-state index contributed by atoms with van der Waals surface area (Å²) in [7, 11) is 0. The van der Waals surface area contributed by atoms with E-state index in [-0.39, 0.29) is 17.7 Å². The molecule has 1 saturated carbocycles. The minimum absolute atomic E-state index is 0.0646. The summed E-state index contributed by atoms with van der Waals surface area (Å²) >= 11 is 1.58. The van der Waals surface area contributed by atoms with Gasteiger partial charge in [0.25, 0.3) is 0 Å². The Kier molecular flexibility index (Phi) is 4.47. The predicted molar refractivity (Wildman–Crippen MR) is 75.3 cm³/mol. The van der Waals surface area contributed by atoms with Crippen molar-refractivity contribution >= 4 is 29.3 Å². The minimum atomic E-state index is -0.792. The molecule has 0 aromatic heterocycles. The number of rotatable bonds is 4. The quantitative estimate of drug-likeness (QED) is 0.832. The summed E-state index contributed by atoms with van der Waals surface area (Å²) < 4.78 is 0. The first-order chi connectivity index (χ1) is 9.11. The summed E-state index contributed by atoms with van der Waals surface area (Å²) in [5.41, 5.74) is 0.804.